The minimum atomic E-state index is -0.570. The highest BCUT2D eigenvalue weighted by Gasteiger charge is 2.17. The van der Waals surface area contributed by atoms with Crippen molar-refractivity contribution < 1.29 is 9.53 Å². The molecule has 0 aliphatic rings. The summed E-state index contributed by atoms with van der Waals surface area (Å²) < 4.78 is 4.91. The van der Waals surface area contributed by atoms with Crippen molar-refractivity contribution in [1.29, 1.82) is 0 Å². The lowest BCUT2D eigenvalue weighted by Gasteiger charge is -2.07. The number of pyridine rings is 1. The summed E-state index contributed by atoms with van der Waals surface area (Å²) in [6.07, 6.45) is 0. The van der Waals surface area contributed by atoms with E-state index in [4.69, 9.17) is 4.74 Å². The number of aromatic amines is 1. The van der Waals surface area contributed by atoms with Crippen molar-refractivity contribution in [2.75, 3.05) is 6.61 Å². The van der Waals surface area contributed by atoms with E-state index in [1.54, 1.807) is 19.9 Å². The number of rotatable bonds is 2. The van der Waals surface area contributed by atoms with E-state index in [2.05, 4.69) is 4.98 Å². The number of fused-ring (bicyclic) bond motifs is 1. The zero-order valence-electron chi connectivity index (χ0n) is 10.7. The summed E-state index contributed by atoms with van der Waals surface area (Å²) in [7, 11) is 0. The first kappa shape index (κ1) is 12.4. The Hall–Kier alpha value is -2.10. The topological polar surface area (TPSA) is 59.2 Å². The first-order valence-corrected chi connectivity index (χ1v) is 5.85. The monoisotopic (exact) mass is 245 g/mol. The van der Waals surface area contributed by atoms with E-state index in [1.165, 1.54) is 0 Å². The minimum absolute atomic E-state index is 0.0925. The maximum absolute atomic E-state index is 12.3. The van der Waals surface area contributed by atoms with Crippen LogP contribution in [0.4, 0.5) is 0 Å². The molecule has 1 N–H and O–H groups in total. The van der Waals surface area contributed by atoms with Gasteiger partial charge in [0, 0.05) is 16.6 Å². The van der Waals surface area contributed by atoms with E-state index < -0.39 is 5.97 Å². The van der Waals surface area contributed by atoms with Crippen LogP contribution in [0.2, 0.25) is 0 Å². The maximum atomic E-state index is 12.3. The molecule has 4 nitrogen and oxygen atoms in total. The average molecular weight is 245 g/mol. The molecule has 0 unspecified atom stereocenters. The van der Waals surface area contributed by atoms with Gasteiger partial charge < -0.3 is 9.72 Å². The average Bonchev–Trinajstić information content (AvgIpc) is 2.31. The fraction of sp³-hybridized carbons (Fsp3) is 0.286. The molecule has 0 bridgehead atoms. The zero-order valence-corrected chi connectivity index (χ0v) is 10.7. The van der Waals surface area contributed by atoms with Gasteiger partial charge in [0.1, 0.15) is 5.56 Å². The number of ether oxygens (including phenoxy) is 1. The van der Waals surface area contributed by atoms with Crippen molar-refractivity contribution in [3.63, 3.8) is 0 Å². The van der Waals surface area contributed by atoms with Gasteiger partial charge in [-0.25, -0.2) is 4.79 Å². The number of benzene rings is 1. The fourth-order valence-corrected chi connectivity index (χ4v) is 1.97. The van der Waals surface area contributed by atoms with E-state index in [9.17, 15) is 9.59 Å². The first-order chi connectivity index (χ1) is 8.54. The molecule has 1 aromatic heterocycles. The molecule has 2 aromatic rings. The van der Waals surface area contributed by atoms with Crippen molar-refractivity contribution in [3.05, 3.63) is 45.2 Å². The number of H-pyrrole nitrogens is 1. The summed E-state index contributed by atoms with van der Waals surface area (Å²) in [5.74, 6) is -0.570. The largest absolute Gasteiger partial charge is 0.462 e. The number of carbonyl (C=O) groups is 1. The van der Waals surface area contributed by atoms with E-state index in [0.717, 1.165) is 11.1 Å². The van der Waals surface area contributed by atoms with E-state index in [1.807, 2.05) is 19.1 Å². The molecule has 0 aliphatic carbocycles. The predicted octanol–water partition coefficient (Wildman–Crippen LogP) is 2.32. The number of aromatic nitrogens is 1. The summed E-state index contributed by atoms with van der Waals surface area (Å²) in [6, 6.07) is 5.53. The lowest BCUT2D eigenvalue weighted by Crippen LogP contribution is -2.20. The molecule has 1 heterocycles. The second-order valence-electron chi connectivity index (χ2n) is 4.22. The van der Waals surface area contributed by atoms with Gasteiger partial charge in [0.05, 0.1) is 6.61 Å². The molecule has 0 atom stereocenters. The molecule has 2 rings (SSSR count). The second-order valence-corrected chi connectivity index (χ2v) is 4.22. The van der Waals surface area contributed by atoms with Gasteiger partial charge in [-0.15, -0.1) is 0 Å². The van der Waals surface area contributed by atoms with Gasteiger partial charge in [-0.1, -0.05) is 11.6 Å². The summed E-state index contributed by atoms with van der Waals surface area (Å²) in [5, 5.41) is 0.517. The SMILES string of the molecule is CCOC(=O)c1c(C)[nH]c2ccc(C)cc2c1=O. The van der Waals surface area contributed by atoms with Gasteiger partial charge >= 0.3 is 5.97 Å². The van der Waals surface area contributed by atoms with Crippen LogP contribution in [0, 0.1) is 13.8 Å². The minimum Gasteiger partial charge on any atom is -0.462 e. The Labute approximate surface area is 105 Å². The van der Waals surface area contributed by atoms with Crippen LogP contribution in [0.3, 0.4) is 0 Å². The van der Waals surface area contributed by atoms with E-state index in [0.29, 0.717) is 11.1 Å². The normalized spacial score (nSPS) is 10.6. The lowest BCUT2D eigenvalue weighted by atomic mass is 10.1. The van der Waals surface area contributed by atoms with Gasteiger partial charge in [0.2, 0.25) is 5.43 Å². The number of nitrogens with one attached hydrogen (secondary N) is 1. The Morgan fingerprint density at radius 1 is 1.33 bits per heavy atom. The van der Waals surface area contributed by atoms with Crippen LogP contribution < -0.4 is 5.43 Å². The summed E-state index contributed by atoms with van der Waals surface area (Å²) >= 11 is 0. The van der Waals surface area contributed by atoms with Crippen LogP contribution in [-0.4, -0.2) is 17.6 Å². The van der Waals surface area contributed by atoms with Crippen molar-refractivity contribution in [1.82, 2.24) is 4.98 Å². The molecule has 18 heavy (non-hydrogen) atoms. The molecule has 0 fully saturated rings. The summed E-state index contributed by atoms with van der Waals surface area (Å²) in [6.45, 7) is 5.58. The molecular formula is C14H15NO3. The smallest absolute Gasteiger partial charge is 0.343 e. The van der Waals surface area contributed by atoms with Crippen molar-refractivity contribution >= 4 is 16.9 Å². The predicted molar refractivity (Wildman–Crippen MR) is 70.0 cm³/mol. The summed E-state index contributed by atoms with van der Waals surface area (Å²) in [4.78, 5) is 27.1. The van der Waals surface area contributed by atoms with Crippen LogP contribution >= 0.6 is 0 Å². The van der Waals surface area contributed by atoms with Crippen LogP contribution in [0.25, 0.3) is 10.9 Å². The third kappa shape index (κ3) is 2.01. The molecule has 0 spiro atoms. The van der Waals surface area contributed by atoms with Crippen molar-refractivity contribution in [3.8, 4) is 0 Å². The van der Waals surface area contributed by atoms with Crippen molar-refractivity contribution in [2.45, 2.75) is 20.8 Å². The molecule has 4 heteroatoms. The third-order valence-electron chi connectivity index (χ3n) is 2.82. The van der Waals surface area contributed by atoms with Gasteiger partial charge in [-0.3, -0.25) is 4.79 Å². The summed E-state index contributed by atoms with van der Waals surface area (Å²) in [5.41, 5.74) is 2.07. The molecule has 0 saturated heterocycles. The second kappa shape index (κ2) is 4.64. The number of hydrogen-bond donors (Lipinski definition) is 1. The molecule has 0 radical (unpaired) electrons. The first-order valence-electron chi connectivity index (χ1n) is 5.85. The van der Waals surface area contributed by atoms with Gasteiger partial charge in [0.15, 0.2) is 0 Å². The van der Waals surface area contributed by atoms with Crippen molar-refractivity contribution in [2.24, 2.45) is 0 Å². The number of carbonyl (C=O) groups excluding carboxylic acids is 1. The number of aryl methyl sites for hydroxylation is 2. The Balaban J connectivity index is 2.75. The van der Waals surface area contributed by atoms with E-state index in [-0.39, 0.29) is 17.6 Å². The number of hydrogen-bond acceptors (Lipinski definition) is 3. The third-order valence-corrected chi connectivity index (χ3v) is 2.82. The molecule has 94 valence electrons. The van der Waals surface area contributed by atoms with Crippen LogP contribution in [0.15, 0.2) is 23.0 Å². The van der Waals surface area contributed by atoms with Gasteiger partial charge in [0.25, 0.3) is 0 Å². The zero-order chi connectivity index (χ0) is 13.3. The highest BCUT2D eigenvalue weighted by atomic mass is 16.5. The van der Waals surface area contributed by atoms with Crippen LogP contribution in [0.5, 0.6) is 0 Å². The molecule has 0 amide bonds. The number of esters is 1. The molecule has 1 aromatic carbocycles. The highest BCUT2D eigenvalue weighted by molar-refractivity contribution is 5.95. The fourth-order valence-electron chi connectivity index (χ4n) is 1.97. The Kier molecular flexibility index (Phi) is 3.19. The Morgan fingerprint density at radius 2 is 2.06 bits per heavy atom. The quantitative estimate of drug-likeness (QED) is 0.826. The Morgan fingerprint density at radius 3 is 2.72 bits per heavy atom. The van der Waals surface area contributed by atoms with E-state index >= 15 is 0 Å². The molecule has 0 saturated carbocycles. The molecule has 0 aliphatic heterocycles. The van der Waals surface area contributed by atoms with Gasteiger partial charge in [-0.2, -0.15) is 0 Å². The van der Waals surface area contributed by atoms with Gasteiger partial charge in [-0.05, 0) is 32.9 Å². The highest BCUT2D eigenvalue weighted by Crippen LogP contribution is 2.13. The van der Waals surface area contributed by atoms with Crippen LogP contribution in [0.1, 0.15) is 28.5 Å². The van der Waals surface area contributed by atoms with Crippen LogP contribution in [-0.2, 0) is 4.74 Å². The maximum Gasteiger partial charge on any atom is 0.343 e. The lowest BCUT2D eigenvalue weighted by molar-refractivity contribution is 0.0524. The molecular weight excluding hydrogens is 230 g/mol. The Bertz CT molecular complexity index is 671. The standard InChI is InChI=1S/C14H15NO3/c1-4-18-14(17)12-9(3)15-11-6-5-8(2)7-10(11)13(12)16/h5-7H,4H2,1-3H3,(H,15,16).